The normalized spacial score (nSPS) is 19.4. The van der Waals surface area contributed by atoms with E-state index in [4.69, 9.17) is 15.7 Å². The Balaban J connectivity index is 1.17. The number of likely N-dealkylation sites (tertiary alicyclic amines) is 1. The zero-order chi connectivity index (χ0) is 29.5. The topological polar surface area (TPSA) is 110 Å². The molecule has 8 nitrogen and oxygen atoms in total. The van der Waals surface area contributed by atoms with Gasteiger partial charge in [0.05, 0.1) is 22.9 Å². The largest absolute Gasteiger partial charge is 0.481 e. The third-order valence-corrected chi connectivity index (χ3v) is 9.26. The number of pyridine rings is 2. The van der Waals surface area contributed by atoms with Crippen LogP contribution in [0.5, 0.6) is 0 Å². The summed E-state index contributed by atoms with van der Waals surface area (Å²) in [6.45, 7) is 5.32. The second-order valence-electron chi connectivity index (χ2n) is 12.1. The molecule has 1 saturated heterocycles. The minimum Gasteiger partial charge on any atom is -0.481 e. The molecule has 7 rings (SSSR count). The Morgan fingerprint density at radius 3 is 2.47 bits per heavy atom. The smallest absolute Gasteiger partial charge is 0.306 e. The first-order valence-electron chi connectivity index (χ1n) is 15.2. The van der Waals surface area contributed by atoms with Crippen LogP contribution in [0.4, 0.5) is 5.82 Å². The molecule has 2 aliphatic rings. The summed E-state index contributed by atoms with van der Waals surface area (Å²) in [6, 6.07) is 24.8. The van der Waals surface area contributed by atoms with Gasteiger partial charge in [0.15, 0.2) is 11.5 Å². The molecule has 2 fully saturated rings. The molecule has 1 aliphatic carbocycles. The number of carboxylic acid groups (broad SMARTS) is 1. The van der Waals surface area contributed by atoms with Crippen molar-refractivity contribution in [2.45, 2.75) is 38.5 Å². The summed E-state index contributed by atoms with van der Waals surface area (Å²) in [6.07, 6.45) is 5.37. The number of carbonyl (C=O) groups is 1. The molecule has 0 spiro atoms. The minimum atomic E-state index is -0.631. The highest BCUT2D eigenvalue weighted by atomic mass is 16.4. The lowest BCUT2D eigenvalue weighted by Crippen LogP contribution is -2.47. The number of benzene rings is 2. The number of carboxylic acids is 1. The zero-order valence-electron chi connectivity index (χ0n) is 24.4. The van der Waals surface area contributed by atoms with Crippen molar-refractivity contribution in [1.29, 1.82) is 0 Å². The van der Waals surface area contributed by atoms with Gasteiger partial charge < -0.3 is 15.7 Å². The van der Waals surface area contributed by atoms with Crippen LogP contribution in [0.15, 0.2) is 79.0 Å². The molecule has 2 aromatic carbocycles. The van der Waals surface area contributed by atoms with Gasteiger partial charge in [0.25, 0.3) is 0 Å². The van der Waals surface area contributed by atoms with Crippen LogP contribution >= 0.6 is 0 Å². The van der Waals surface area contributed by atoms with E-state index in [1.807, 2.05) is 42.5 Å². The Hall–Kier alpha value is -4.56. The summed E-state index contributed by atoms with van der Waals surface area (Å²) in [7, 11) is 0. The lowest BCUT2D eigenvalue weighted by atomic mass is 9.80. The summed E-state index contributed by atoms with van der Waals surface area (Å²) >= 11 is 0. The molecule has 0 amide bonds. The van der Waals surface area contributed by atoms with E-state index in [1.165, 1.54) is 5.56 Å². The average Bonchev–Trinajstić information content (AvgIpc) is 3.38. The first kappa shape index (κ1) is 27.3. The quantitative estimate of drug-likeness (QED) is 0.234. The van der Waals surface area contributed by atoms with E-state index < -0.39 is 5.97 Å². The number of aromatic nitrogens is 4. The van der Waals surface area contributed by atoms with E-state index in [2.05, 4.69) is 51.7 Å². The van der Waals surface area contributed by atoms with Crippen molar-refractivity contribution in [3.63, 3.8) is 0 Å². The van der Waals surface area contributed by atoms with E-state index in [-0.39, 0.29) is 5.92 Å². The molecule has 8 heteroatoms. The highest BCUT2D eigenvalue weighted by Crippen LogP contribution is 2.36. The van der Waals surface area contributed by atoms with Gasteiger partial charge in [-0.05, 0) is 80.0 Å². The van der Waals surface area contributed by atoms with E-state index >= 15 is 0 Å². The number of nitrogen functional groups attached to an aromatic ring is 1. The molecular formula is C35H36N6O2. The van der Waals surface area contributed by atoms with Crippen molar-refractivity contribution < 1.29 is 9.90 Å². The number of rotatable bonds is 7. The van der Waals surface area contributed by atoms with Gasteiger partial charge in [0.1, 0.15) is 11.3 Å². The van der Waals surface area contributed by atoms with Crippen LogP contribution in [0, 0.1) is 18.8 Å². The summed E-state index contributed by atoms with van der Waals surface area (Å²) in [5, 5.41) is 9.30. The van der Waals surface area contributed by atoms with Crippen LogP contribution in [-0.4, -0.2) is 55.1 Å². The first-order valence-corrected chi connectivity index (χ1v) is 15.2. The molecule has 0 bridgehead atoms. The SMILES string of the molecule is Cc1cc(C2CN(C[C@H]3CC[C@H](C(=O)O)CC3)C2)ccc1-n1c(-c2cccnc2N)nc2ccc(-c3ccccc3)nc21. The molecule has 43 heavy (non-hydrogen) atoms. The lowest BCUT2D eigenvalue weighted by Gasteiger charge is -2.42. The summed E-state index contributed by atoms with van der Waals surface area (Å²) in [5.41, 5.74) is 14.2. The van der Waals surface area contributed by atoms with Crippen LogP contribution in [0.3, 0.4) is 0 Å². The number of imidazole rings is 1. The Labute approximate surface area is 251 Å². The maximum absolute atomic E-state index is 11.3. The van der Waals surface area contributed by atoms with Crippen molar-refractivity contribution in [2.75, 3.05) is 25.4 Å². The van der Waals surface area contributed by atoms with Crippen LogP contribution < -0.4 is 5.73 Å². The molecule has 0 atom stereocenters. The molecular weight excluding hydrogens is 536 g/mol. The molecule has 0 unspecified atom stereocenters. The number of nitrogens with two attached hydrogens (primary N) is 1. The van der Waals surface area contributed by atoms with E-state index in [1.54, 1.807) is 6.20 Å². The van der Waals surface area contributed by atoms with Gasteiger partial charge in [0, 0.05) is 37.3 Å². The number of hydrogen-bond acceptors (Lipinski definition) is 6. The van der Waals surface area contributed by atoms with Crippen molar-refractivity contribution in [3.8, 4) is 28.3 Å². The summed E-state index contributed by atoms with van der Waals surface area (Å²) < 4.78 is 2.12. The first-order chi connectivity index (χ1) is 20.9. The Morgan fingerprint density at radius 2 is 1.74 bits per heavy atom. The van der Waals surface area contributed by atoms with Gasteiger partial charge in [-0.2, -0.15) is 0 Å². The van der Waals surface area contributed by atoms with Gasteiger partial charge in [-0.25, -0.2) is 15.0 Å². The van der Waals surface area contributed by atoms with Crippen molar-refractivity contribution in [3.05, 3.63) is 90.1 Å². The second kappa shape index (κ2) is 11.3. The third kappa shape index (κ3) is 5.27. The molecule has 5 aromatic rings. The maximum Gasteiger partial charge on any atom is 0.306 e. The van der Waals surface area contributed by atoms with Gasteiger partial charge in [-0.15, -0.1) is 0 Å². The third-order valence-electron chi connectivity index (χ3n) is 9.26. The highest BCUT2D eigenvalue weighted by molar-refractivity contribution is 5.85. The second-order valence-corrected chi connectivity index (χ2v) is 12.1. The number of hydrogen-bond donors (Lipinski definition) is 2. The van der Waals surface area contributed by atoms with E-state index in [0.717, 1.165) is 90.4 Å². The fraction of sp³-hybridized carbons (Fsp3) is 0.314. The van der Waals surface area contributed by atoms with Crippen LogP contribution in [0.1, 0.15) is 42.7 Å². The standard InChI is InChI=1S/C35H36N6O2/c1-22-18-26(27-20-40(21-27)19-23-9-11-25(12-10-23)35(42)43)13-16-31(22)41-33(28-8-5-17-37-32(28)36)39-30-15-14-29(38-34(30)41)24-6-3-2-4-7-24/h2-8,13-18,23,25,27H,9-12,19-21H2,1H3,(H2,36,37)(H,42,43)/t23-,25-. The number of aliphatic carboxylic acids is 1. The van der Waals surface area contributed by atoms with Crippen molar-refractivity contribution >= 4 is 23.0 Å². The predicted molar refractivity (Wildman–Crippen MR) is 169 cm³/mol. The maximum atomic E-state index is 11.3. The average molecular weight is 573 g/mol. The number of anilines is 1. The predicted octanol–water partition coefficient (Wildman–Crippen LogP) is 6.33. The zero-order valence-corrected chi connectivity index (χ0v) is 24.4. The van der Waals surface area contributed by atoms with Gasteiger partial charge >= 0.3 is 5.97 Å². The monoisotopic (exact) mass is 572 g/mol. The van der Waals surface area contributed by atoms with Crippen LogP contribution in [-0.2, 0) is 4.79 Å². The molecule has 3 aromatic heterocycles. The minimum absolute atomic E-state index is 0.148. The fourth-order valence-electron chi connectivity index (χ4n) is 6.81. The molecule has 0 radical (unpaired) electrons. The molecule has 3 N–H and O–H groups in total. The Morgan fingerprint density at radius 1 is 0.953 bits per heavy atom. The summed E-state index contributed by atoms with van der Waals surface area (Å²) in [4.78, 5) is 28.3. The highest BCUT2D eigenvalue weighted by Gasteiger charge is 2.33. The lowest BCUT2D eigenvalue weighted by molar-refractivity contribution is -0.143. The van der Waals surface area contributed by atoms with Gasteiger partial charge in [-0.1, -0.05) is 42.5 Å². The van der Waals surface area contributed by atoms with E-state index in [0.29, 0.717) is 17.7 Å². The molecule has 1 saturated carbocycles. The van der Waals surface area contributed by atoms with Crippen molar-refractivity contribution in [1.82, 2.24) is 24.4 Å². The van der Waals surface area contributed by atoms with Gasteiger partial charge in [-0.3, -0.25) is 9.36 Å². The van der Waals surface area contributed by atoms with Crippen LogP contribution in [0.25, 0.3) is 39.5 Å². The number of aryl methyl sites for hydroxylation is 1. The number of fused-ring (bicyclic) bond motifs is 1. The van der Waals surface area contributed by atoms with Gasteiger partial charge in [0.2, 0.25) is 0 Å². The number of nitrogens with zero attached hydrogens (tertiary/aromatic N) is 5. The summed E-state index contributed by atoms with van der Waals surface area (Å²) in [5.74, 6) is 1.49. The molecule has 4 heterocycles. The Bertz CT molecular complexity index is 1790. The van der Waals surface area contributed by atoms with Crippen LogP contribution in [0.2, 0.25) is 0 Å². The van der Waals surface area contributed by atoms with Crippen molar-refractivity contribution in [2.24, 2.45) is 11.8 Å². The van der Waals surface area contributed by atoms with E-state index in [9.17, 15) is 9.90 Å². The molecule has 1 aliphatic heterocycles. The Kier molecular flexibility index (Phi) is 7.15. The fourth-order valence-corrected chi connectivity index (χ4v) is 6.81. The molecule has 218 valence electrons.